The third-order valence-corrected chi connectivity index (χ3v) is 6.89. The van der Waals surface area contributed by atoms with Gasteiger partial charge in [-0.1, -0.05) is 29.8 Å². The standard InChI is InChI=1S/C29H24ClFN6O5/c1-14-25(37(42)26(33-14)19-3-2-4-20(30)24(19)31)28(39)36-22(11-15-5-7-17(32)8-6-15)27(38)34-18-9-10-21-16(12-18)13-23(35-21)29(40)41/h2-10,12-13,22,35,42H,11,32H2,1H3,(H,34,38)(H,36,39)(H,40,41)/t22-/m0/s1. The normalized spacial score (nSPS) is 11.8. The molecular weight excluding hydrogens is 567 g/mol. The molecule has 0 fully saturated rings. The molecule has 0 unspecified atom stereocenters. The number of carbonyl (C=O) groups excluding carboxylic acids is 2. The van der Waals surface area contributed by atoms with Crippen LogP contribution in [0.5, 0.6) is 0 Å². The summed E-state index contributed by atoms with van der Waals surface area (Å²) < 4.78 is 15.1. The lowest BCUT2D eigenvalue weighted by molar-refractivity contribution is -0.118. The number of nitrogens with one attached hydrogen (secondary N) is 3. The monoisotopic (exact) mass is 590 g/mol. The van der Waals surface area contributed by atoms with Crippen molar-refractivity contribution in [1.29, 1.82) is 0 Å². The number of H-pyrrole nitrogens is 1. The number of fused-ring (bicyclic) bond motifs is 1. The number of aryl methyl sites for hydroxylation is 1. The van der Waals surface area contributed by atoms with Gasteiger partial charge in [0.05, 0.1) is 16.3 Å². The number of carboxylic acids is 1. The minimum atomic E-state index is -1.14. The molecule has 5 aromatic rings. The highest BCUT2D eigenvalue weighted by Gasteiger charge is 2.28. The van der Waals surface area contributed by atoms with Crippen LogP contribution < -0.4 is 16.4 Å². The van der Waals surface area contributed by atoms with Crippen molar-refractivity contribution in [2.24, 2.45) is 0 Å². The number of nitrogens with zero attached hydrogens (tertiary/aromatic N) is 2. The first-order valence-corrected chi connectivity index (χ1v) is 12.9. The second-order valence-corrected chi connectivity index (χ2v) is 9.94. The van der Waals surface area contributed by atoms with Crippen LogP contribution in [0.4, 0.5) is 15.8 Å². The fraction of sp³-hybridized carbons (Fsp3) is 0.103. The molecule has 0 aliphatic rings. The minimum absolute atomic E-state index is 0.00465. The molecule has 0 aliphatic heterocycles. The number of benzene rings is 3. The molecule has 0 radical (unpaired) electrons. The number of rotatable bonds is 8. The highest BCUT2D eigenvalue weighted by atomic mass is 35.5. The van der Waals surface area contributed by atoms with E-state index >= 15 is 0 Å². The van der Waals surface area contributed by atoms with Gasteiger partial charge in [0.2, 0.25) is 5.91 Å². The van der Waals surface area contributed by atoms with E-state index in [0.29, 0.717) is 32.6 Å². The van der Waals surface area contributed by atoms with Crippen LogP contribution in [0.15, 0.2) is 66.7 Å². The second kappa shape index (κ2) is 11.3. The van der Waals surface area contributed by atoms with E-state index in [1.165, 1.54) is 31.2 Å². The number of nitrogens with two attached hydrogens (primary N) is 1. The maximum atomic E-state index is 14.7. The summed E-state index contributed by atoms with van der Waals surface area (Å²) in [6.07, 6.45) is 0.0573. The topological polar surface area (TPSA) is 175 Å². The average molecular weight is 591 g/mol. The van der Waals surface area contributed by atoms with E-state index in [0.717, 1.165) is 0 Å². The van der Waals surface area contributed by atoms with Gasteiger partial charge < -0.3 is 31.7 Å². The molecule has 0 saturated heterocycles. The summed E-state index contributed by atoms with van der Waals surface area (Å²) in [6, 6.07) is 16.0. The summed E-state index contributed by atoms with van der Waals surface area (Å²) in [5.74, 6) is -3.60. The predicted molar refractivity (Wildman–Crippen MR) is 154 cm³/mol. The molecule has 0 saturated carbocycles. The van der Waals surface area contributed by atoms with Crippen LogP contribution in [0.2, 0.25) is 5.02 Å². The maximum Gasteiger partial charge on any atom is 0.352 e. The largest absolute Gasteiger partial charge is 0.477 e. The maximum absolute atomic E-state index is 14.7. The van der Waals surface area contributed by atoms with Gasteiger partial charge in [0, 0.05) is 28.7 Å². The van der Waals surface area contributed by atoms with E-state index in [1.807, 2.05) is 0 Å². The zero-order valence-electron chi connectivity index (χ0n) is 22.0. The number of nitrogen functional groups attached to an aromatic ring is 1. The van der Waals surface area contributed by atoms with Gasteiger partial charge in [-0.05, 0) is 61.0 Å². The first kappa shape index (κ1) is 28.2. The van der Waals surface area contributed by atoms with Crippen LogP contribution in [0, 0.1) is 12.7 Å². The van der Waals surface area contributed by atoms with Crippen molar-refractivity contribution in [2.75, 3.05) is 11.1 Å². The number of amides is 2. The molecule has 42 heavy (non-hydrogen) atoms. The average Bonchev–Trinajstić information content (AvgIpc) is 3.51. The molecule has 5 rings (SSSR count). The Morgan fingerprint density at radius 1 is 1.12 bits per heavy atom. The molecule has 1 atom stereocenters. The zero-order valence-corrected chi connectivity index (χ0v) is 22.7. The van der Waals surface area contributed by atoms with Gasteiger partial charge in [-0.25, -0.2) is 14.2 Å². The summed E-state index contributed by atoms with van der Waals surface area (Å²) in [6.45, 7) is 1.46. The molecule has 0 aliphatic carbocycles. The van der Waals surface area contributed by atoms with Crippen molar-refractivity contribution in [3.8, 4) is 11.4 Å². The molecule has 11 nitrogen and oxygen atoms in total. The van der Waals surface area contributed by atoms with E-state index in [1.54, 1.807) is 42.5 Å². The Balaban J connectivity index is 1.43. The Kier molecular flexibility index (Phi) is 7.55. The highest BCUT2D eigenvalue weighted by molar-refractivity contribution is 6.31. The number of hydrogen-bond donors (Lipinski definition) is 6. The molecule has 2 aromatic heterocycles. The fourth-order valence-electron chi connectivity index (χ4n) is 4.51. The van der Waals surface area contributed by atoms with Crippen LogP contribution >= 0.6 is 11.6 Å². The summed E-state index contributed by atoms with van der Waals surface area (Å²) in [7, 11) is 0. The Morgan fingerprint density at radius 3 is 2.57 bits per heavy atom. The Morgan fingerprint density at radius 2 is 1.86 bits per heavy atom. The van der Waals surface area contributed by atoms with Gasteiger partial charge >= 0.3 is 5.97 Å². The van der Waals surface area contributed by atoms with E-state index in [9.17, 15) is 29.1 Å². The van der Waals surface area contributed by atoms with E-state index in [4.69, 9.17) is 17.3 Å². The van der Waals surface area contributed by atoms with Gasteiger partial charge in [0.25, 0.3) is 5.91 Å². The van der Waals surface area contributed by atoms with Crippen LogP contribution in [-0.2, 0) is 11.2 Å². The number of carboxylic acid groups (broad SMARTS) is 1. The summed E-state index contributed by atoms with van der Waals surface area (Å²) >= 11 is 5.88. The molecule has 2 amide bonds. The number of aromatic nitrogens is 3. The molecule has 13 heteroatoms. The van der Waals surface area contributed by atoms with Crippen molar-refractivity contribution in [3.05, 3.63) is 100 Å². The lowest BCUT2D eigenvalue weighted by atomic mass is 10.0. The van der Waals surface area contributed by atoms with Gasteiger partial charge in [-0.3, -0.25) is 9.59 Å². The van der Waals surface area contributed by atoms with E-state index in [-0.39, 0.29) is 39.9 Å². The third kappa shape index (κ3) is 5.60. The molecular formula is C29H24ClFN6O5. The Bertz CT molecular complexity index is 1850. The number of hydrogen-bond acceptors (Lipinski definition) is 6. The van der Waals surface area contributed by atoms with Crippen LogP contribution in [-0.4, -0.2) is 48.8 Å². The molecule has 2 heterocycles. The quantitative estimate of drug-likeness (QED) is 0.113. The fourth-order valence-corrected chi connectivity index (χ4v) is 4.68. The summed E-state index contributed by atoms with van der Waals surface area (Å²) in [4.78, 5) is 45.1. The highest BCUT2D eigenvalue weighted by Crippen LogP contribution is 2.28. The first-order valence-electron chi connectivity index (χ1n) is 12.6. The molecule has 214 valence electrons. The minimum Gasteiger partial charge on any atom is -0.477 e. The molecule has 0 bridgehead atoms. The van der Waals surface area contributed by atoms with Crippen LogP contribution in [0.3, 0.4) is 0 Å². The van der Waals surface area contributed by atoms with Gasteiger partial charge in [-0.15, -0.1) is 0 Å². The Labute approximate surface area is 242 Å². The summed E-state index contributed by atoms with van der Waals surface area (Å²) in [5, 5.41) is 25.8. The predicted octanol–water partition coefficient (Wildman–Crippen LogP) is 4.63. The van der Waals surface area contributed by atoms with E-state index in [2.05, 4.69) is 20.6 Å². The zero-order chi connectivity index (χ0) is 30.1. The van der Waals surface area contributed by atoms with Crippen LogP contribution in [0.1, 0.15) is 32.2 Å². The number of carbonyl (C=O) groups is 3. The SMILES string of the molecule is Cc1nc(-c2cccc(Cl)c2F)n(O)c1C(=O)N[C@@H](Cc1ccc(N)cc1)C(=O)Nc1ccc2[nH]c(C(=O)O)cc2c1. The smallest absolute Gasteiger partial charge is 0.352 e. The lowest BCUT2D eigenvalue weighted by Crippen LogP contribution is -2.46. The molecule has 0 spiro atoms. The molecule has 7 N–H and O–H groups in total. The second-order valence-electron chi connectivity index (χ2n) is 9.53. The van der Waals surface area contributed by atoms with Crippen molar-refractivity contribution in [2.45, 2.75) is 19.4 Å². The van der Waals surface area contributed by atoms with Crippen molar-refractivity contribution >= 4 is 51.7 Å². The first-order chi connectivity index (χ1) is 20.0. The van der Waals surface area contributed by atoms with Gasteiger partial charge in [0.1, 0.15) is 11.7 Å². The lowest BCUT2D eigenvalue weighted by Gasteiger charge is -2.19. The van der Waals surface area contributed by atoms with Crippen molar-refractivity contribution in [1.82, 2.24) is 20.0 Å². The number of anilines is 2. The van der Waals surface area contributed by atoms with Crippen molar-refractivity contribution in [3.63, 3.8) is 0 Å². The van der Waals surface area contributed by atoms with Crippen LogP contribution in [0.25, 0.3) is 22.3 Å². The Hall–Kier alpha value is -5.36. The number of halogens is 2. The number of aromatic amines is 1. The molecule has 3 aromatic carbocycles. The number of imidazole rings is 1. The van der Waals surface area contributed by atoms with Crippen molar-refractivity contribution < 1.29 is 29.1 Å². The third-order valence-electron chi connectivity index (χ3n) is 6.60. The summed E-state index contributed by atoms with van der Waals surface area (Å²) in [5.41, 5.74) is 7.59. The van der Waals surface area contributed by atoms with Gasteiger partial charge in [-0.2, -0.15) is 4.73 Å². The van der Waals surface area contributed by atoms with Gasteiger partial charge in [0.15, 0.2) is 17.3 Å². The number of aromatic carboxylic acids is 1. The van der Waals surface area contributed by atoms with E-state index < -0.39 is 29.6 Å².